The Bertz CT molecular complexity index is 754. The molecule has 0 bridgehead atoms. The van der Waals surface area contributed by atoms with Crippen molar-refractivity contribution in [1.82, 2.24) is 4.90 Å². The number of hydrogen-bond acceptors (Lipinski definition) is 5. The van der Waals surface area contributed by atoms with Gasteiger partial charge in [-0.05, 0) is 42.0 Å². The van der Waals surface area contributed by atoms with E-state index in [1.165, 1.54) is 12.0 Å². The van der Waals surface area contributed by atoms with Gasteiger partial charge in [-0.25, -0.2) is 0 Å². The number of nitrogens with zero attached hydrogens (tertiary/aromatic N) is 1. The highest BCUT2D eigenvalue weighted by atomic mass is 35.5. The Labute approximate surface area is 156 Å². The van der Waals surface area contributed by atoms with Crippen molar-refractivity contribution in [1.29, 1.82) is 0 Å². The highest BCUT2D eigenvalue weighted by molar-refractivity contribution is 8.18. The lowest BCUT2D eigenvalue weighted by atomic mass is 10.1. The minimum absolute atomic E-state index is 0.0613. The third kappa shape index (κ3) is 4.50. The Morgan fingerprint density at radius 1 is 1.40 bits per heavy atom. The van der Waals surface area contributed by atoms with Gasteiger partial charge in [0.1, 0.15) is 6.61 Å². The molecule has 0 atom stereocenters. The van der Waals surface area contributed by atoms with E-state index in [1.807, 2.05) is 6.92 Å². The Morgan fingerprint density at radius 2 is 2.16 bits per heavy atom. The topological polar surface area (TPSA) is 55.8 Å². The zero-order valence-corrected chi connectivity index (χ0v) is 15.6. The molecule has 5 nitrogen and oxygen atoms in total. The normalized spacial score (nSPS) is 15.6. The number of carbonyl (C=O) groups excluding carboxylic acids is 2. The van der Waals surface area contributed by atoms with Crippen LogP contribution in [0.3, 0.4) is 0 Å². The van der Waals surface area contributed by atoms with E-state index in [2.05, 4.69) is 5.92 Å². The molecular formula is C18H18ClNO4S. The van der Waals surface area contributed by atoms with Gasteiger partial charge in [0.25, 0.3) is 11.1 Å². The second-order valence-corrected chi connectivity index (χ2v) is 6.61. The molecule has 0 aliphatic carbocycles. The fourth-order valence-electron chi connectivity index (χ4n) is 2.24. The van der Waals surface area contributed by atoms with Crippen LogP contribution in [0.25, 0.3) is 6.08 Å². The van der Waals surface area contributed by atoms with Crippen LogP contribution < -0.4 is 9.47 Å². The monoisotopic (exact) mass is 379 g/mol. The van der Waals surface area contributed by atoms with Crippen molar-refractivity contribution < 1.29 is 19.1 Å². The fraction of sp³-hybridized carbons (Fsp3) is 0.333. The third-order valence-corrected chi connectivity index (χ3v) is 4.65. The highest BCUT2D eigenvalue weighted by Gasteiger charge is 2.34. The third-order valence-electron chi connectivity index (χ3n) is 3.46. The maximum Gasteiger partial charge on any atom is 0.293 e. The number of amides is 2. The summed E-state index contributed by atoms with van der Waals surface area (Å²) in [6.45, 7) is 2.50. The number of rotatable bonds is 7. The molecule has 1 heterocycles. The molecule has 7 heteroatoms. The molecule has 0 radical (unpaired) electrons. The van der Waals surface area contributed by atoms with E-state index in [9.17, 15) is 9.59 Å². The molecule has 1 aromatic carbocycles. The minimum Gasteiger partial charge on any atom is -0.493 e. The molecular weight excluding hydrogens is 362 g/mol. The first-order chi connectivity index (χ1) is 12.0. The summed E-state index contributed by atoms with van der Waals surface area (Å²) < 4.78 is 10.7. The minimum atomic E-state index is -0.286. The summed E-state index contributed by atoms with van der Waals surface area (Å²) in [5.74, 6) is 2.82. The largest absolute Gasteiger partial charge is 0.493 e. The molecule has 2 amide bonds. The molecule has 2 rings (SSSR count). The van der Waals surface area contributed by atoms with Crippen LogP contribution in [0.15, 0.2) is 17.0 Å². The summed E-state index contributed by atoms with van der Waals surface area (Å²) in [7, 11) is 1.48. The van der Waals surface area contributed by atoms with Gasteiger partial charge in [-0.2, -0.15) is 0 Å². The van der Waals surface area contributed by atoms with Gasteiger partial charge in [0.05, 0.1) is 17.0 Å². The Hall–Kier alpha value is -2.10. The molecule has 1 aromatic rings. The molecule has 1 fully saturated rings. The molecule has 0 N–H and O–H groups in total. The van der Waals surface area contributed by atoms with E-state index in [-0.39, 0.29) is 17.8 Å². The maximum atomic E-state index is 12.4. The quantitative estimate of drug-likeness (QED) is 0.525. The zero-order valence-electron chi connectivity index (χ0n) is 14.0. The number of methoxy groups -OCH3 is 1. The van der Waals surface area contributed by atoms with E-state index in [0.717, 1.165) is 24.6 Å². The summed E-state index contributed by atoms with van der Waals surface area (Å²) in [4.78, 5) is 26.0. The van der Waals surface area contributed by atoms with E-state index >= 15 is 0 Å². The van der Waals surface area contributed by atoms with Crippen LogP contribution in [0.1, 0.15) is 25.3 Å². The molecule has 132 valence electrons. The number of imide groups is 1. The van der Waals surface area contributed by atoms with Crippen molar-refractivity contribution in [3.63, 3.8) is 0 Å². The van der Waals surface area contributed by atoms with Gasteiger partial charge in [0.2, 0.25) is 0 Å². The van der Waals surface area contributed by atoms with Crippen LogP contribution in [0.4, 0.5) is 4.79 Å². The predicted octanol–water partition coefficient (Wildman–Crippen LogP) is 4.20. The molecule has 1 aliphatic rings. The van der Waals surface area contributed by atoms with E-state index in [1.54, 1.807) is 18.2 Å². The average Bonchev–Trinajstić information content (AvgIpc) is 2.85. The second-order valence-electron chi connectivity index (χ2n) is 5.21. The van der Waals surface area contributed by atoms with E-state index in [4.69, 9.17) is 27.5 Å². The lowest BCUT2D eigenvalue weighted by Crippen LogP contribution is -2.29. The predicted molar refractivity (Wildman–Crippen MR) is 99.9 cm³/mol. The summed E-state index contributed by atoms with van der Waals surface area (Å²) >= 11 is 7.15. The highest BCUT2D eigenvalue weighted by Crippen LogP contribution is 2.38. The van der Waals surface area contributed by atoms with Gasteiger partial charge in [0.15, 0.2) is 11.5 Å². The molecule has 1 saturated heterocycles. The Kier molecular flexibility index (Phi) is 6.80. The lowest BCUT2D eigenvalue weighted by Gasteiger charge is -2.12. The van der Waals surface area contributed by atoms with Crippen LogP contribution in [0.5, 0.6) is 11.5 Å². The lowest BCUT2D eigenvalue weighted by molar-refractivity contribution is -0.122. The summed E-state index contributed by atoms with van der Waals surface area (Å²) in [5.41, 5.74) is 0.635. The van der Waals surface area contributed by atoms with Crippen LogP contribution in [-0.4, -0.2) is 36.3 Å². The fourth-order valence-corrected chi connectivity index (χ4v) is 3.38. The number of thioether (sulfide) groups is 1. The molecule has 0 saturated carbocycles. The first-order valence-electron chi connectivity index (χ1n) is 7.71. The summed E-state index contributed by atoms with van der Waals surface area (Å²) in [5, 5.41) is 0.0581. The van der Waals surface area contributed by atoms with Crippen LogP contribution in [0.2, 0.25) is 5.02 Å². The number of hydrogen-bond donors (Lipinski definition) is 0. The van der Waals surface area contributed by atoms with Gasteiger partial charge in [-0.1, -0.05) is 30.9 Å². The van der Waals surface area contributed by atoms with Crippen molar-refractivity contribution in [2.45, 2.75) is 19.8 Å². The van der Waals surface area contributed by atoms with Crippen LogP contribution >= 0.6 is 23.4 Å². The molecule has 0 aromatic heterocycles. The van der Waals surface area contributed by atoms with Gasteiger partial charge in [-0.15, -0.1) is 6.42 Å². The number of benzene rings is 1. The first-order valence-corrected chi connectivity index (χ1v) is 8.90. The van der Waals surface area contributed by atoms with Crippen LogP contribution in [0, 0.1) is 12.3 Å². The molecule has 0 spiro atoms. The molecule has 25 heavy (non-hydrogen) atoms. The van der Waals surface area contributed by atoms with Crippen molar-refractivity contribution in [3.05, 3.63) is 27.6 Å². The number of terminal acetylenes is 1. The van der Waals surface area contributed by atoms with Gasteiger partial charge in [0, 0.05) is 6.54 Å². The zero-order chi connectivity index (χ0) is 18.4. The Balaban J connectivity index is 2.29. The molecule has 1 aliphatic heterocycles. The van der Waals surface area contributed by atoms with Crippen molar-refractivity contribution in [2.24, 2.45) is 0 Å². The number of unbranched alkanes of at least 4 members (excludes halogenated alkanes) is 1. The summed E-state index contributed by atoms with van der Waals surface area (Å²) in [6, 6.07) is 3.31. The number of halogens is 1. The SMILES string of the molecule is C#CCOc1c(Cl)cc(/C=C2\SC(=O)N(CCCC)C2=O)cc1OC. The number of carbonyl (C=O) groups is 2. The molecule has 0 unspecified atom stereocenters. The van der Waals surface area contributed by atoms with Gasteiger partial charge in [-0.3, -0.25) is 14.5 Å². The van der Waals surface area contributed by atoms with Crippen molar-refractivity contribution in [3.8, 4) is 23.8 Å². The average molecular weight is 380 g/mol. The van der Waals surface area contributed by atoms with E-state index < -0.39 is 0 Å². The first kappa shape index (κ1) is 19.2. The van der Waals surface area contributed by atoms with Gasteiger partial charge >= 0.3 is 0 Å². The maximum absolute atomic E-state index is 12.4. The number of ether oxygens (including phenoxy) is 2. The van der Waals surface area contributed by atoms with E-state index in [0.29, 0.717) is 33.5 Å². The van der Waals surface area contributed by atoms with Crippen molar-refractivity contribution in [2.75, 3.05) is 20.3 Å². The second kappa shape index (κ2) is 8.84. The summed E-state index contributed by atoms with van der Waals surface area (Å²) in [6.07, 6.45) is 8.50. The van der Waals surface area contributed by atoms with Gasteiger partial charge < -0.3 is 9.47 Å². The van der Waals surface area contributed by atoms with Crippen LogP contribution in [-0.2, 0) is 4.79 Å². The standard InChI is InChI=1S/C18H18ClNO4S/c1-4-6-7-20-17(21)15(25-18(20)22)11-12-9-13(19)16(24-8-5-2)14(10-12)23-3/h2,9-11H,4,6-8H2,1,3H3/b15-11-. The van der Waals surface area contributed by atoms with Crippen molar-refractivity contribution >= 4 is 40.6 Å². The smallest absolute Gasteiger partial charge is 0.293 e. The Morgan fingerprint density at radius 3 is 2.80 bits per heavy atom.